The molecule has 2 amide bonds. The van der Waals surface area contributed by atoms with E-state index in [9.17, 15) is 18.0 Å². The van der Waals surface area contributed by atoms with Crippen LogP contribution in [0.4, 0.5) is 5.69 Å². The highest BCUT2D eigenvalue weighted by molar-refractivity contribution is 7.92. The molecule has 1 N–H and O–H groups in total. The van der Waals surface area contributed by atoms with Gasteiger partial charge in [-0.15, -0.1) is 0 Å². The average Bonchev–Trinajstić information content (AvgIpc) is 3.57. The molecule has 0 bridgehead atoms. The molecule has 0 aromatic heterocycles. The number of rotatable bonds is 12. The molecule has 1 fully saturated rings. The van der Waals surface area contributed by atoms with Crippen LogP contribution in [0.1, 0.15) is 36.8 Å². The van der Waals surface area contributed by atoms with Crippen LogP contribution in [0.3, 0.4) is 0 Å². The lowest BCUT2D eigenvalue weighted by atomic mass is 10.0. The third kappa shape index (κ3) is 8.23. The van der Waals surface area contributed by atoms with E-state index in [4.69, 9.17) is 34.8 Å². The Morgan fingerprint density at radius 1 is 0.804 bits per heavy atom. The van der Waals surface area contributed by atoms with Crippen LogP contribution in [0.15, 0.2) is 108 Å². The van der Waals surface area contributed by atoms with Gasteiger partial charge in [-0.3, -0.25) is 13.9 Å². The van der Waals surface area contributed by atoms with Crippen molar-refractivity contribution >= 4 is 62.3 Å². The van der Waals surface area contributed by atoms with Gasteiger partial charge in [-0.1, -0.05) is 114 Å². The van der Waals surface area contributed by atoms with Crippen LogP contribution in [0.25, 0.3) is 0 Å². The van der Waals surface area contributed by atoms with Crippen LogP contribution in [-0.4, -0.2) is 43.8 Å². The molecular weight excluding hydrogens is 665 g/mol. The van der Waals surface area contributed by atoms with Crippen molar-refractivity contribution < 1.29 is 18.0 Å². The molecule has 0 spiro atoms. The fraction of sp³-hybridized carbons (Fsp3) is 0.257. The molecular formula is C35H34Cl3N3O4S. The number of amides is 2. The highest BCUT2D eigenvalue weighted by Crippen LogP contribution is 2.33. The predicted octanol–water partition coefficient (Wildman–Crippen LogP) is 7.54. The molecule has 0 saturated heterocycles. The van der Waals surface area contributed by atoms with Crippen molar-refractivity contribution in [2.45, 2.75) is 55.6 Å². The van der Waals surface area contributed by atoms with Crippen LogP contribution >= 0.6 is 34.8 Å². The summed E-state index contributed by atoms with van der Waals surface area (Å²) in [5.41, 5.74) is 1.50. The molecule has 4 aromatic carbocycles. The van der Waals surface area contributed by atoms with E-state index in [1.165, 1.54) is 35.2 Å². The number of sulfonamides is 1. The summed E-state index contributed by atoms with van der Waals surface area (Å²) in [5.74, 6) is -0.924. The van der Waals surface area contributed by atoms with E-state index < -0.39 is 28.5 Å². The number of benzene rings is 4. The first-order valence-electron chi connectivity index (χ1n) is 15.0. The van der Waals surface area contributed by atoms with Gasteiger partial charge in [0.1, 0.15) is 12.6 Å². The van der Waals surface area contributed by atoms with Crippen LogP contribution < -0.4 is 9.62 Å². The van der Waals surface area contributed by atoms with Gasteiger partial charge in [-0.25, -0.2) is 8.42 Å². The largest absolute Gasteiger partial charge is 0.352 e. The summed E-state index contributed by atoms with van der Waals surface area (Å²) in [4.78, 5) is 30.1. The Hall–Kier alpha value is -3.56. The number of anilines is 1. The van der Waals surface area contributed by atoms with E-state index in [0.717, 1.165) is 35.6 Å². The summed E-state index contributed by atoms with van der Waals surface area (Å²) in [7, 11) is -4.31. The first-order chi connectivity index (χ1) is 22.1. The van der Waals surface area contributed by atoms with Crippen molar-refractivity contribution in [2.75, 3.05) is 10.8 Å². The molecule has 46 heavy (non-hydrogen) atoms. The first kappa shape index (κ1) is 33.8. The second kappa shape index (κ2) is 15.4. The van der Waals surface area contributed by atoms with Crippen molar-refractivity contribution in [3.8, 4) is 0 Å². The Morgan fingerprint density at radius 2 is 1.43 bits per heavy atom. The lowest BCUT2D eigenvalue weighted by molar-refractivity contribution is -0.140. The lowest BCUT2D eigenvalue weighted by Gasteiger charge is -2.34. The topological polar surface area (TPSA) is 86.8 Å². The highest BCUT2D eigenvalue weighted by atomic mass is 35.5. The Bertz CT molecular complexity index is 1770. The number of hydrogen-bond donors (Lipinski definition) is 1. The van der Waals surface area contributed by atoms with Gasteiger partial charge in [0.15, 0.2) is 0 Å². The maximum Gasteiger partial charge on any atom is 0.264 e. The maximum atomic E-state index is 14.6. The quantitative estimate of drug-likeness (QED) is 0.166. The third-order valence-electron chi connectivity index (χ3n) is 8.06. The SMILES string of the molecule is O=C(NC1CCCC1)C(Cc1ccccc1)N(Cc1ccccc1Cl)C(=O)CN(c1cc(Cl)ccc1Cl)S(=O)(=O)c1ccccc1. The number of carbonyl (C=O) groups excluding carboxylic acids is 2. The minimum atomic E-state index is -4.31. The zero-order valence-electron chi connectivity index (χ0n) is 25.0. The minimum Gasteiger partial charge on any atom is -0.352 e. The van der Waals surface area contributed by atoms with E-state index in [1.54, 1.807) is 42.5 Å². The number of carbonyl (C=O) groups is 2. The fourth-order valence-electron chi connectivity index (χ4n) is 5.64. The molecule has 1 saturated carbocycles. The molecule has 7 nitrogen and oxygen atoms in total. The summed E-state index contributed by atoms with van der Waals surface area (Å²) in [6, 6.07) is 27.7. The second-order valence-electron chi connectivity index (χ2n) is 11.2. The molecule has 1 atom stereocenters. The number of hydrogen-bond acceptors (Lipinski definition) is 4. The third-order valence-corrected chi connectivity index (χ3v) is 10.8. The zero-order valence-corrected chi connectivity index (χ0v) is 28.1. The van der Waals surface area contributed by atoms with E-state index in [-0.39, 0.29) is 45.5 Å². The predicted molar refractivity (Wildman–Crippen MR) is 184 cm³/mol. The molecule has 1 aliphatic carbocycles. The van der Waals surface area contributed by atoms with Crippen molar-refractivity contribution in [3.63, 3.8) is 0 Å². The van der Waals surface area contributed by atoms with Gasteiger partial charge in [-0.2, -0.15) is 0 Å². The lowest BCUT2D eigenvalue weighted by Crippen LogP contribution is -2.54. The van der Waals surface area contributed by atoms with Gasteiger partial charge in [0.2, 0.25) is 11.8 Å². The van der Waals surface area contributed by atoms with Crippen molar-refractivity contribution in [2.24, 2.45) is 0 Å². The maximum absolute atomic E-state index is 14.6. The summed E-state index contributed by atoms with van der Waals surface area (Å²) in [6.45, 7) is -0.680. The summed E-state index contributed by atoms with van der Waals surface area (Å²) >= 11 is 19.4. The normalized spacial score (nSPS) is 14.1. The van der Waals surface area contributed by atoms with Gasteiger partial charge in [0.25, 0.3) is 10.0 Å². The summed E-state index contributed by atoms with van der Waals surface area (Å²) in [6.07, 6.45) is 3.96. The standard InChI is InChI=1S/C35H34Cl3N3O4S/c36-27-19-20-31(38)32(22-27)41(46(44,45)29-16-5-2-6-17-29)24-34(42)40(23-26-13-7-10-18-30(26)37)33(21-25-11-3-1-4-12-25)35(43)39-28-14-8-9-15-28/h1-7,10-13,16-20,22,28,33H,8-9,14-15,21,23-24H2,(H,39,43). The van der Waals surface area contributed by atoms with Gasteiger partial charge >= 0.3 is 0 Å². The van der Waals surface area contributed by atoms with Crippen LogP contribution in [-0.2, 0) is 32.6 Å². The van der Waals surface area contributed by atoms with Crippen molar-refractivity contribution in [1.29, 1.82) is 0 Å². The van der Waals surface area contributed by atoms with Crippen LogP contribution in [0, 0.1) is 0 Å². The van der Waals surface area contributed by atoms with Crippen molar-refractivity contribution in [3.05, 3.63) is 129 Å². The Kier molecular flexibility index (Phi) is 11.3. The Labute approximate surface area is 285 Å². The summed E-state index contributed by atoms with van der Waals surface area (Å²) in [5, 5.41) is 3.91. The van der Waals surface area contributed by atoms with Gasteiger partial charge < -0.3 is 10.2 Å². The van der Waals surface area contributed by atoms with Gasteiger partial charge in [0, 0.05) is 29.1 Å². The first-order valence-corrected chi connectivity index (χ1v) is 17.6. The molecule has 240 valence electrons. The second-order valence-corrected chi connectivity index (χ2v) is 14.3. The molecule has 1 unspecified atom stereocenters. The van der Waals surface area contributed by atoms with E-state index in [1.807, 2.05) is 30.3 Å². The van der Waals surface area contributed by atoms with E-state index in [2.05, 4.69) is 5.32 Å². The molecule has 11 heteroatoms. The molecule has 0 heterocycles. The van der Waals surface area contributed by atoms with Gasteiger partial charge in [-0.05, 0) is 60.4 Å². The van der Waals surface area contributed by atoms with E-state index in [0.29, 0.717) is 10.6 Å². The average molecular weight is 699 g/mol. The summed E-state index contributed by atoms with van der Waals surface area (Å²) < 4.78 is 29.2. The molecule has 4 aromatic rings. The Balaban J connectivity index is 1.59. The highest BCUT2D eigenvalue weighted by Gasteiger charge is 2.36. The number of halogens is 3. The Morgan fingerprint density at radius 3 is 2.11 bits per heavy atom. The van der Waals surface area contributed by atoms with Gasteiger partial charge in [0.05, 0.1) is 15.6 Å². The molecule has 1 aliphatic rings. The number of nitrogens with zero attached hydrogens (tertiary/aromatic N) is 2. The van der Waals surface area contributed by atoms with E-state index >= 15 is 0 Å². The van der Waals surface area contributed by atoms with Crippen LogP contribution in [0.5, 0.6) is 0 Å². The van der Waals surface area contributed by atoms with Crippen LogP contribution in [0.2, 0.25) is 15.1 Å². The minimum absolute atomic E-state index is 0.00302. The monoisotopic (exact) mass is 697 g/mol. The molecule has 5 rings (SSSR count). The zero-order chi connectivity index (χ0) is 32.7. The smallest absolute Gasteiger partial charge is 0.264 e. The fourth-order valence-corrected chi connectivity index (χ4v) is 7.72. The molecule has 0 aliphatic heterocycles. The van der Waals surface area contributed by atoms with Crippen molar-refractivity contribution in [1.82, 2.24) is 10.2 Å². The number of nitrogens with one attached hydrogen (secondary N) is 1. The molecule has 0 radical (unpaired) electrons.